The number of thiophene rings is 1. The standard InChI is InChI=1S/C23H31NO2S/c1-4-5-11-20(14-9-15-21-16-10-17-27-21)23(26)24(3)18(2)22(25)19-12-7-6-8-13-19/h4,6-8,10,12-13,16-18,20,22,25H,1,5,9,11,14-15H2,2-3H3/t18-,20+,22?/m0/s1. The summed E-state index contributed by atoms with van der Waals surface area (Å²) >= 11 is 1.77. The van der Waals surface area contributed by atoms with Gasteiger partial charge in [-0.1, -0.05) is 42.5 Å². The van der Waals surface area contributed by atoms with Gasteiger partial charge in [-0.05, 0) is 56.0 Å². The van der Waals surface area contributed by atoms with Crippen LogP contribution in [-0.2, 0) is 11.2 Å². The van der Waals surface area contributed by atoms with Gasteiger partial charge in [-0.25, -0.2) is 0 Å². The second-order valence-corrected chi connectivity index (χ2v) is 8.11. The van der Waals surface area contributed by atoms with E-state index in [1.165, 1.54) is 4.88 Å². The highest BCUT2D eigenvalue weighted by molar-refractivity contribution is 7.09. The molecule has 0 spiro atoms. The number of carbonyl (C=O) groups is 1. The maximum atomic E-state index is 13.1. The molecule has 0 bridgehead atoms. The van der Waals surface area contributed by atoms with Gasteiger partial charge >= 0.3 is 0 Å². The molecule has 0 radical (unpaired) electrons. The molecular formula is C23H31NO2S. The van der Waals surface area contributed by atoms with Crippen molar-refractivity contribution in [1.29, 1.82) is 0 Å². The molecule has 0 fully saturated rings. The van der Waals surface area contributed by atoms with Crippen LogP contribution in [0.2, 0.25) is 0 Å². The van der Waals surface area contributed by atoms with Crippen LogP contribution in [0.15, 0.2) is 60.5 Å². The number of allylic oxidation sites excluding steroid dienone is 1. The first kappa shape index (κ1) is 21.4. The van der Waals surface area contributed by atoms with Crippen LogP contribution in [0, 0.1) is 5.92 Å². The number of amides is 1. The summed E-state index contributed by atoms with van der Waals surface area (Å²) in [7, 11) is 1.80. The Bertz CT molecular complexity index is 684. The quantitative estimate of drug-likeness (QED) is 0.538. The van der Waals surface area contributed by atoms with Crippen LogP contribution in [0.25, 0.3) is 0 Å². The Morgan fingerprint density at radius 2 is 1.96 bits per heavy atom. The highest BCUT2D eigenvalue weighted by Gasteiger charge is 2.28. The number of rotatable bonds is 11. The molecule has 1 unspecified atom stereocenters. The number of aliphatic hydroxyl groups excluding tert-OH is 1. The van der Waals surface area contributed by atoms with Crippen LogP contribution >= 0.6 is 11.3 Å². The number of hydrogen-bond acceptors (Lipinski definition) is 3. The smallest absolute Gasteiger partial charge is 0.225 e. The second kappa shape index (κ2) is 11.1. The van der Waals surface area contributed by atoms with E-state index >= 15 is 0 Å². The Balaban J connectivity index is 1.97. The van der Waals surface area contributed by atoms with E-state index in [0.29, 0.717) is 0 Å². The molecule has 0 aliphatic rings. The average Bonchev–Trinajstić information content (AvgIpc) is 3.22. The number of aliphatic hydroxyl groups is 1. The minimum absolute atomic E-state index is 0.0293. The molecule has 1 aromatic carbocycles. The second-order valence-electron chi connectivity index (χ2n) is 7.08. The summed E-state index contributed by atoms with van der Waals surface area (Å²) in [6, 6.07) is 13.5. The average molecular weight is 386 g/mol. The molecule has 0 aliphatic heterocycles. The molecule has 1 amide bonds. The maximum absolute atomic E-state index is 13.1. The van der Waals surface area contributed by atoms with Gasteiger partial charge in [-0.2, -0.15) is 0 Å². The van der Waals surface area contributed by atoms with Gasteiger partial charge in [0.1, 0.15) is 0 Å². The Kier molecular flexibility index (Phi) is 8.76. The summed E-state index contributed by atoms with van der Waals surface area (Å²) < 4.78 is 0. The van der Waals surface area contributed by atoms with Gasteiger partial charge in [-0.15, -0.1) is 17.9 Å². The Labute approximate surface area is 167 Å². The molecular weight excluding hydrogens is 354 g/mol. The highest BCUT2D eigenvalue weighted by atomic mass is 32.1. The van der Waals surface area contributed by atoms with Gasteiger partial charge < -0.3 is 10.0 Å². The molecule has 3 nitrogen and oxygen atoms in total. The number of likely N-dealkylation sites (N-methyl/N-ethyl adjacent to an activating group) is 1. The largest absolute Gasteiger partial charge is 0.386 e. The van der Waals surface area contributed by atoms with E-state index in [1.807, 2.05) is 43.3 Å². The van der Waals surface area contributed by atoms with Crippen LogP contribution in [0.4, 0.5) is 0 Å². The molecule has 1 N–H and O–H groups in total. The molecule has 0 saturated heterocycles. The predicted molar refractivity (Wildman–Crippen MR) is 114 cm³/mol. The summed E-state index contributed by atoms with van der Waals surface area (Å²) in [4.78, 5) is 16.2. The van der Waals surface area contributed by atoms with E-state index < -0.39 is 6.10 Å². The first-order valence-electron chi connectivity index (χ1n) is 9.67. The molecule has 0 saturated carbocycles. The van der Waals surface area contributed by atoms with Crippen LogP contribution in [0.5, 0.6) is 0 Å². The third kappa shape index (κ3) is 6.33. The third-order valence-corrected chi connectivity index (χ3v) is 6.12. The van der Waals surface area contributed by atoms with Gasteiger partial charge in [-0.3, -0.25) is 4.79 Å². The van der Waals surface area contributed by atoms with E-state index in [1.54, 1.807) is 23.3 Å². The number of carbonyl (C=O) groups excluding carboxylic acids is 1. The topological polar surface area (TPSA) is 40.5 Å². The van der Waals surface area contributed by atoms with Crippen LogP contribution in [0.1, 0.15) is 49.2 Å². The normalized spacial score (nSPS) is 14.3. The third-order valence-electron chi connectivity index (χ3n) is 5.18. The van der Waals surface area contributed by atoms with Crippen molar-refractivity contribution in [3.8, 4) is 0 Å². The van der Waals surface area contributed by atoms with Gasteiger partial charge in [0.05, 0.1) is 12.1 Å². The molecule has 1 aromatic heterocycles. The van der Waals surface area contributed by atoms with Crippen molar-refractivity contribution in [2.24, 2.45) is 5.92 Å². The zero-order valence-corrected chi connectivity index (χ0v) is 17.2. The number of aryl methyl sites for hydroxylation is 1. The highest BCUT2D eigenvalue weighted by Crippen LogP contribution is 2.25. The molecule has 0 aliphatic carbocycles. The van der Waals surface area contributed by atoms with Gasteiger partial charge in [0.15, 0.2) is 0 Å². The van der Waals surface area contributed by atoms with Crippen molar-refractivity contribution < 1.29 is 9.90 Å². The van der Waals surface area contributed by atoms with Crippen LogP contribution < -0.4 is 0 Å². The predicted octanol–water partition coefficient (Wildman–Crippen LogP) is 5.23. The SMILES string of the molecule is C=CCC[C@H](CCCc1cccs1)C(=O)N(C)[C@@H](C)C(O)c1ccccc1. The fourth-order valence-electron chi connectivity index (χ4n) is 3.32. The summed E-state index contributed by atoms with van der Waals surface area (Å²) in [5.74, 6) is 0.0869. The minimum Gasteiger partial charge on any atom is -0.386 e. The lowest BCUT2D eigenvalue weighted by Gasteiger charge is -2.32. The van der Waals surface area contributed by atoms with Crippen molar-refractivity contribution in [3.05, 3.63) is 70.9 Å². The Morgan fingerprint density at radius 1 is 1.22 bits per heavy atom. The molecule has 4 heteroatoms. The Hall–Kier alpha value is -1.91. The van der Waals surface area contributed by atoms with E-state index in [4.69, 9.17) is 0 Å². The molecule has 146 valence electrons. The molecule has 3 atom stereocenters. The fourth-order valence-corrected chi connectivity index (χ4v) is 4.07. The zero-order valence-electron chi connectivity index (χ0n) is 16.4. The summed E-state index contributed by atoms with van der Waals surface area (Å²) in [5, 5.41) is 12.8. The lowest BCUT2D eigenvalue weighted by molar-refractivity contribution is -0.138. The lowest BCUT2D eigenvalue weighted by Crippen LogP contribution is -2.42. The van der Waals surface area contributed by atoms with Crippen molar-refractivity contribution in [3.63, 3.8) is 0 Å². The van der Waals surface area contributed by atoms with Crippen molar-refractivity contribution in [1.82, 2.24) is 4.90 Å². The minimum atomic E-state index is -0.689. The van der Waals surface area contributed by atoms with E-state index in [-0.39, 0.29) is 17.9 Å². The van der Waals surface area contributed by atoms with Gasteiger partial charge in [0.2, 0.25) is 5.91 Å². The summed E-state index contributed by atoms with van der Waals surface area (Å²) in [5.41, 5.74) is 0.838. The van der Waals surface area contributed by atoms with E-state index in [2.05, 4.69) is 24.1 Å². The van der Waals surface area contributed by atoms with Crippen molar-refractivity contribution in [2.75, 3.05) is 7.05 Å². The molecule has 27 heavy (non-hydrogen) atoms. The lowest BCUT2D eigenvalue weighted by atomic mass is 9.93. The van der Waals surface area contributed by atoms with Crippen LogP contribution in [-0.4, -0.2) is 29.0 Å². The molecule has 2 aromatic rings. The van der Waals surface area contributed by atoms with Crippen molar-refractivity contribution >= 4 is 17.2 Å². The summed E-state index contributed by atoms with van der Waals surface area (Å²) in [6.45, 7) is 5.71. The van der Waals surface area contributed by atoms with Crippen LogP contribution in [0.3, 0.4) is 0 Å². The fraction of sp³-hybridized carbons (Fsp3) is 0.435. The summed E-state index contributed by atoms with van der Waals surface area (Å²) in [6.07, 6.45) is 5.71. The first-order chi connectivity index (χ1) is 13.0. The van der Waals surface area contributed by atoms with E-state index in [9.17, 15) is 9.90 Å². The molecule has 2 rings (SSSR count). The first-order valence-corrected chi connectivity index (χ1v) is 10.6. The van der Waals surface area contributed by atoms with Gasteiger partial charge in [0.25, 0.3) is 0 Å². The van der Waals surface area contributed by atoms with E-state index in [0.717, 1.165) is 37.7 Å². The number of benzene rings is 1. The van der Waals surface area contributed by atoms with Crippen molar-refractivity contribution in [2.45, 2.75) is 51.2 Å². The number of hydrogen-bond donors (Lipinski definition) is 1. The number of nitrogens with zero attached hydrogens (tertiary/aromatic N) is 1. The molecule has 1 heterocycles. The maximum Gasteiger partial charge on any atom is 0.225 e. The zero-order chi connectivity index (χ0) is 19.6. The Morgan fingerprint density at radius 3 is 2.59 bits per heavy atom. The van der Waals surface area contributed by atoms with Gasteiger partial charge in [0, 0.05) is 17.8 Å². The monoisotopic (exact) mass is 385 g/mol.